The molecule has 0 aliphatic carbocycles. The lowest BCUT2D eigenvalue weighted by Gasteiger charge is -2.04. The van der Waals surface area contributed by atoms with Gasteiger partial charge in [-0.05, 0) is 25.2 Å². The van der Waals surface area contributed by atoms with Gasteiger partial charge in [-0.1, -0.05) is 13.0 Å². The Labute approximate surface area is 57.4 Å². The normalized spacial score (nSPS) is 13.1. The summed E-state index contributed by atoms with van der Waals surface area (Å²) in [6.45, 7) is 6.00. The van der Waals surface area contributed by atoms with Crippen molar-refractivity contribution < 1.29 is 5.11 Å². The molecule has 0 rings (SSSR count). The maximum atomic E-state index is 8.61. The molecule has 54 valence electrons. The van der Waals surface area contributed by atoms with E-state index in [1.165, 1.54) is 0 Å². The molecule has 0 saturated heterocycles. The van der Waals surface area contributed by atoms with Crippen molar-refractivity contribution in [1.29, 1.82) is 0 Å². The highest BCUT2D eigenvalue weighted by atomic mass is 16.3. The number of allylic oxidation sites excluding steroid dienone is 1. The van der Waals surface area contributed by atoms with Gasteiger partial charge in [-0.3, -0.25) is 0 Å². The third kappa shape index (κ3) is 5.57. The van der Waals surface area contributed by atoms with Crippen LogP contribution in [0.3, 0.4) is 0 Å². The Morgan fingerprint density at radius 1 is 1.67 bits per heavy atom. The van der Waals surface area contributed by atoms with Crippen LogP contribution in [0.5, 0.6) is 0 Å². The zero-order valence-electron chi connectivity index (χ0n) is 6.14. The Bertz CT molecular complexity index is 69.0. The van der Waals surface area contributed by atoms with Crippen molar-refractivity contribution in [2.45, 2.75) is 26.2 Å². The van der Waals surface area contributed by atoms with Gasteiger partial charge in [0.1, 0.15) is 0 Å². The minimum absolute atomic E-state index is 0.317. The first-order valence-corrected chi connectivity index (χ1v) is 3.53. The van der Waals surface area contributed by atoms with E-state index in [-0.39, 0.29) is 0 Å². The van der Waals surface area contributed by atoms with Gasteiger partial charge in [0.25, 0.3) is 0 Å². The molecule has 0 aliphatic rings. The monoisotopic (exact) mass is 128 g/mol. The molecule has 1 nitrogen and oxygen atoms in total. The molecule has 1 heteroatoms. The lowest BCUT2D eigenvalue weighted by atomic mass is 10.1. The SMILES string of the molecule is C=CCCCC(C)CO. The molecule has 0 fully saturated rings. The first-order valence-electron chi connectivity index (χ1n) is 3.53. The largest absolute Gasteiger partial charge is 0.396 e. The van der Waals surface area contributed by atoms with Gasteiger partial charge in [-0.15, -0.1) is 6.58 Å². The molecule has 0 spiro atoms. The standard InChI is InChI=1S/C8H16O/c1-3-4-5-6-8(2)7-9/h3,8-9H,1,4-7H2,2H3. The molecule has 0 aromatic heterocycles. The van der Waals surface area contributed by atoms with Crippen molar-refractivity contribution in [2.24, 2.45) is 5.92 Å². The third-order valence-corrected chi connectivity index (χ3v) is 1.42. The summed E-state index contributed by atoms with van der Waals surface area (Å²) in [6.07, 6.45) is 5.27. The van der Waals surface area contributed by atoms with Crippen molar-refractivity contribution in [3.8, 4) is 0 Å². The molecule has 0 saturated carbocycles. The molecule has 1 unspecified atom stereocenters. The fourth-order valence-electron chi connectivity index (χ4n) is 0.702. The number of unbranched alkanes of at least 4 members (excludes halogenated alkanes) is 1. The van der Waals surface area contributed by atoms with Crippen LogP contribution in [0.2, 0.25) is 0 Å². The predicted octanol–water partition coefficient (Wildman–Crippen LogP) is 1.97. The minimum atomic E-state index is 0.317. The molecule has 1 N–H and O–H groups in total. The van der Waals surface area contributed by atoms with E-state index >= 15 is 0 Å². The van der Waals surface area contributed by atoms with Crippen LogP contribution in [-0.4, -0.2) is 11.7 Å². The first kappa shape index (κ1) is 8.70. The van der Waals surface area contributed by atoms with Crippen LogP contribution >= 0.6 is 0 Å². The van der Waals surface area contributed by atoms with Crippen LogP contribution in [0.15, 0.2) is 12.7 Å². The molecule has 0 bridgehead atoms. The third-order valence-electron chi connectivity index (χ3n) is 1.42. The fourth-order valence-corrected chi connectivity index (χ4v) is 0.702. The molecule has 1 atom stereocenters. The quantitative estimate of drug-likeness (QED) is 0.443. The maximum Gasteiger partial charge on any atom is 0.0456 e. The van der Waals surface area contributed by atoms with Gasteiger partial charge in [0, 0.05) is 6.61 Å². The summed E-state index contributed by atoms with van der Waals surface area (Å²) in [6, 6.07) is 0. The zero-order chi connectivity index (χ0) is 7.11. The van der Waals surface area contributed by atoms with E-state index in [0.29, 0.717) is 12.5 Å². The molecule has 0 aliphatic heterocycles. The second-order valence-electron chi connectivity index (χ2n) is 2.51. The number of aliphatic hydroxyl groups excluding tert-OH is 1. The summed E-state index contributed by atoms with van der Waals surface area (Å²) in [5.74, 6) is 0.463. The average Bonchev–Trinajstić information content (AvgIpc) is 1.89. The Hall–Kier alpha value is -0.300. The van der Waals surface area contributed by atoms with E-state index in [1.807, 2.05) is 6.08 Å². The fraction of sp³-hybridized carbons (Fsp3) is 0.750. The summed E-state index contributed by atoms with van der Waals surface area (Å²) in [5.41, 5.74) is 0. The van der Waals surface area contributed by atoms with E-state index < -0.39 is 0 Å². The van der Waals surface area contributed by atoms with E-state index in [9.17, 15) is 0 Å². The van der Waals surface area contributed by atoms with Crippen LogP contribution < -0.4 is 0 Å². The average molecular weight is 128 g/mol. The molecule has 0 aromatic carbocycles. The van der Waals surface area contributed by atoms with E-state index in [1.54, 1.807) is 0 Å². The summed E-state index contributed by atoms with van der Waals surface area (Å²) in [7, 11) is 0. The van der Waals surface area contributed by atoms with Crippen molar-refractivity contribution in [1.82, 2.24) is 0 Å². The van der Waals surface area contributed by atoms with Crippen LogP contribution in [0, 0.1) is 5.92 Å². The lowest BCUT2D eigenvalue weighted by Crippen LogP contribution is -1.99. The van der Waals surface area contributed by atoms with Crippen LogP contribution in [0.1, 0.15) is 26.2 Å². The highest BCUT2D eigenvalue weighted by Crippen LogP contribution is 2.05. The second-order valence-corrected chi connectivity index (χ2v) is 2.51. The Morgan fingerprint density at radius 3 is 2.78 bits per heavy atom. The van der Waals surface area contributed by atoms with Gasteiger partial charge in [0.05, 0.1) is 0 Å². The van der Waals surface area contributed by atoms with Gasteiger partial charge in [0.2, 0.25) is 0 Å². The highest BCUT2D eigenvalue weighted by Gasteiger charge is 1.96. The molecule has 0 aromatic rings. The minimum Gasteiger partial charge on any atom is -0.396 e. The summed E-state index contributed by atoms with van der Waals surface area (Å²) < 4.78 is 0. The number of hydrogen-bond donors (Lipinski definition) is 1. The predicted molar refractivity (Wildman–Crippen MR) is 40.3 cm³/mol. The molecular weight excluding hydrogens is 112 g/mol. The number of aliphatic hydroxyl groups is 1. The van der Waals surface area contributed by atoms with Crippen LogP contribution in [-0.2, 0) is 0 Å². The molecular formula is C8H16O. The number of hydrogen-bond acceptors (Lipinski definition) is 1. The van der Waals surface area contributed by atoms with Gasteiger partial charge >= 0.3 is 0 Å². The summed E-state index contributed by atoms with van der Waals surface area (Å²) >= 11 is 0. The molecule has 9 heavy (non-hydrogen) atoms. The van der Waals surface area contributed by atoms with Gasteiger partial charge in [-0.2, -0.15) is 0 Å². The second kappa shape index (κ2) is 5.83. The molecule has 0 radical (unpaired) electrons. The van der Waals surface area contributed by atoms with E-state index in [2.05, 4.69) is 13.5 Å². The Morgan fingerprint density at radius 2 is 2.33 bits per heavy atom. The van der Waals surface area contributed by atoms with Crippen molar-refractivity contribution in [2.75, 3.05) is 6.61 Å². The smallest absolute Gasteiger partial charge is 0.0456 e. The highest BCUT2D eigenvalue weighted by molar-refractivity contribution is 4.66. The molecule has 0 amide bonds. The van der Waals surface area contributed by atoms with Crippen LogP contribution in [0.25, 0.3) is 0 Å². The van der Waals surface area contributed by atoms with Crippen molar-refractivity contribution in [3.05, 3.63) is 12.7 Å². The lowest BCUT2D eigenvalue weighted by molar-refractivity contribution is 0.228. The van der Waals surface area contributed by atoms with E-state index in [4.69, 9.17) is 5.11 Å². The summed E-state index contributed by atoms with van der Waals surface area (Å²) in [4.78, 5) is 0. The topological polar surface area (TPSA) is 20.2 Å². The van der Waals surface area contributed by atoms with Gasteiger partial charge in [0.15, 0.2) is 0 Å². The molecule has 0 heterocycles. The zero-order valence-corrected chi connectivity index (χ0v) is 6.14. The summed E-state index contributed by atoms with van der Waals surface area (Å²) in [5, 5.41) is 8.61. The van der Waals surface area contributed by atoms with E-state index in [0.717, 1.165) is 19.3 Å². The first-order chi connectivity index (χ1) is 4.31. The van der Waals surface area contributed by atoms with Gasteiger partial charge < -0.3 is 5.11 Å². The Kier molecular flexibility index (Phi) is 5.64. The maximum absolute atomic E-state index is 8.61. The number of rotatable bonds is 5. The van der Waals surface area contributed by atoms with Gasteiger partial charge in [-0.25, -0.2) is 0 Å². The Balaban J connectivity index is 2.96. The van der Waals surface area contributed by atoms with Crippen molar-refractivity contribution in [3.63, 3.8) is 0 Å². The van der Waals surface area contributed by atoms with Crippen molar-refractivity contribution >= 4 is 0 Å². The van der Waals surface area contributed by atoms with Crippen LogP contribution in [0.4, 0.5) is 0 Å².